The van der Waals surface area contributed by atoms with Gasteiger partial charge in [-0.1, -0.05) is 24.3 Å². The second-order valence-electron chi connectivity index (χ2n) is 7.15. The largest absolute Gasteiger partial charge is 0.573 e. The van der Waals surface area contributed by atoms with Crippen LogP contribution >= 0.6 is 24.0 Å². The minimum absolute atomic E-state index is 0. The number of benzene rings is 2. The van der Waals surface area contributed by atoms with E-state index in [4.69, 9.17) is 10.5 Å². The number of nitrogens with zero attached hydrogens (tertiary/aromatic N) is 1. The molecule has 0 spiro atoms. The highest BCUT2D eigenvalue weighted by Crippen LogP contribution is 2.34. The zero-order valence-corrected chi connectivity index (χ0v) is 19.0. The fraction of sp³-hybridized carbons (Fsp3) is 0.381. The van der Waals surface area contributed by atoms with Crippen LogP contribution in [-0.4, -0.2) is 32.1 Å². The minimum atomic E-state index is -4.72. The number of alkyl halides is 3. The Kier molecular flexibility index (Phi) is 8.92. The summed E-state index contributed by atoms with van der Waals surface area (Å²) in [6.45, 7) is 1.92. The summed E-state index contributed by atoms with van der Waals surface area (Å²) in [4.78, 5) is 4.25. The van der Waals surface area contributed by atoms with E-state index in [1.807, 2.05) is 0 Å². The molecule has 0 amide bonds. The van der Waals surface area contributed by atoms with Crippen LogP contribution in [0.15, 0.2) is 53.5 Å². The lowest BCUT2D eigenvalue weighted by Gasteiger charge is -2.38. The molecule has 2 aromatic carbocycles. The van der Waals surface area contributed by atoms with Crippen LogP contribution in [0, 0.1) is 5.82 Å². The summed E-state index contributed by atoms with van der Waals surface area (Å²) in [5.74, 6) is -0.359. The Balaban J connectivity index is 0.00000341. The van der Waals surface area contributed by atoms with Gasteiger partial charge < -0.3 is 20.5 Å². The molecule has 1 fully saturated rings. The normalized spacial score (nSPS) is 16.3. The fourth-order valence-corrected chi connectivity index (χ4v) is 3.42. The molecule has 1 aliphatic rings. The molecule has 1 aliphatic heterocycles. The van der Waals surface area contributed by atoms with Gasteiger partial charge in [0.25, 0.3) is 0 Å². The van der Waals surface area contributed by atoms with Crippen LogP contribution in [0.2, 0.25) is 0 Å². The summed E-state index contributed by atoms with van der Waals surface area (Å²) < 4.78 is 59.3. The molecule has 0 bridgehead atoms. The fourth-order valence-electron chi connectivity index (χ4n) is 3.42. The van der Waals surface area contributed by atoms with Crippen molar-refractivity contribution in [3.05, 3.63) is 65.5 Å². The maximum Gasteiger partial charge on any atom is 0.573 e. The van der Waals surface area contributed by atoms with E-state index in [1.165, 1.54) is 36.4 Å². The van der Waals surface area contributed by atoms with Gasteiger partial charge in [-0.2, -0.15) is 0 Å². The van der Waals surface area contributed by atoms with Crippen molar-refractivity contribution in [2.75, 3.05) is 19.8 Å². The number of nitrogens with one attached hydrogen (secondary N) is 1. The Morgan fingerprint density at radius 2 is 1.68 bits per heavy atom. The van der Waals surface area contributed by atoms with Gasteiger partial charge in [0, 0.05) is 25.2 Å². The minimum Gasteiger partial charge on any atom is -0.406 e. The molecule has 3 N–H and O–H groups in total. The quantitative estimate of drug-likeness (QED) is 0.240. The number of halogens is 5. The van der Waals surface area contributed by atoms with Crippen LogP contribution in [-0.2, 0) is 16.7 Å². The maximum absolute atomic E-state index is 13.3. The summed E-state index contributed by atoms with van der Waals surface area (Å²) in [6, 6.07) is 11.9. The number of nitrogens with two attached hydrogens (primary N) is 1. The lowest BCUT2D eigenvalue weighted by molar-refractivity contribution is -0.274. The Morgan fingerprint density at radius 3 is 2.26 bits per heavy atom. The zero-order valence-electron chi connectivity index (χ0n) is 16.6. The highest BCUT2D eigenvalue weighted by Gasteiger charge is 2.34. The van der Waals surface area contributed by atoms with E-state index in [1.54, 1.807) is 12.1 Å². The molecule has 0 aliphatic carbocycles. The number of hydrogen-bond donors (Lipinski definition) is 2. The molecule has 0 radical (unpaired) electrons. The first-order valence-corrected chi connectivity index (χ1v) is 9.48. The van der Waals surface area contributed by atoms with E-state index in [0.29, 0.717) is 25.3 Å². The third-order valence-corrected chi connectivity index (χ3v) is 5.10. The Bertz CT molecular complexity index is 852. The third kappa shape index (κ3) is 7.53. The predicted octanol–water partition coefficient (Wildman–Crippen LogP) is 4.50. The van der Waals surface area contributed by atoms with E-state index >= 15 is 0 Å². The van der Waals surface area contributed by atoms with Crippen molar-refractivity contribution in [2.24, 2.45) is 10.7 Å². The molecule has 1 heterocycles. The lowest BCUT2D eigenvalue weighted by atomic mass is 9.74. The third-order valence-electron chi connectivity index (χ3n) is 5.10. The number of aliphatic imine (C=N–C) groups is 1. The van der Waals surface area contributed by atoms with Crippen LogP contribution in [0.1, 0.15) is 24.0 Å². The van der Waals surface area contributed by atoms with Crippen LogP contribution in [0.3, 0.4) is 0 Å². The maximum atomic E-state index is 13.3. The van der Waals surface area contributed by atoms with E-state index in [-0.39, 0.29) is 53.5 Å². The molecule has 10 heteroatoms. The van der Waals surface area contributed by atoms with Crippen molar-refractivity contribution in [3.8, 4) is 5.75 Å². The second kappa shape index (κ2) is 11.0. The van der Waals surface area contributed by atoms with E-state index in [2.05, 4.69) is 15.0 Å². The van der Waals surface area contributed by atoms with Crippen molar-refractivity contribution in [1.29, 1.82) is 0 Å². The van der Waals surface area contributed by atoms with Gasteiger partial charge in [-0.05, 0) is 48.2 Å². The summed E-state index contributed by atoms with van der Waals surface area (Å²) >= 11 is 0. The lowest BCUT2D eigenvalue weighted by Crippen LogP contribution is -2.46. The molecule has 5 nitrogen and oxygen atoms in total. The van der Waals surface area contributed by atoms with E-state index < -0.39 is 6.36 Å². The summed E-state index contributed by atoms with van der Waals surface area (Å²) in [5.41, 5.74) is 7.44. The molecule has 0 saturated carbocycles. The van der Waals surface area contributed by atoms with Gasteiger partial charge in [0.05, 0.1) is 6.54 Å². The van der Waals surface area contributed by atoms with Crippen molar-refractivity contribution in [3.63, 3.8) is 0 Å². The highest BCUT2D eigenvalue weighted by molar-refractivity contribution is 14.0. The van der Waals surface area contributed by atoms with Crippen molar-refractivity contribution < 1.29 is 27.0 Å². The van der Waals surface area contributed by atoms with Crippen molar-refractivity contribution in [1.82, 2.24) is 5.32 Å². The van der Waals surface area contributed by atoms with Gasteiger partial charge in [-0.3, -0.25) is 0 Å². The van der Waals surface area contributed by atoms with Crippen LogP contribution in [0.5, 0.6) is 5.75 Å². The Morgan fingerprint density at radius 1 is 1.06 bits per heavy atom. The number of guanidine groups is 1. The second-order valence-corrected chi connectivity index (χ2v) is 7.15. The first-order chi connectivity index (χ1) is 14.3. The van der Waals surface area contributed by atoms with Gasteiger partial charge in [0.15, 0.2) is 5.96 Å². The highest BCUT2D eigenvalue weighted by atomic mass is 127. The molecule has 2 aromatic rings. The average molecular weight is 553 g/mol. The van der Waals surface area contributed by atoms with Gasteiger partial charge in [-0.25, -0.2) is 9.38 Å². The predicted molar refractivity (Wildman–Crippen MR) is 120 cm³/mol. The Labute approximate surface area is 195 Å². The molecule has 31 heavy (non-hydrogen) atoms. The summed E-state index contributed by atoms with van der Waals surface area (Å²) in [6.07, 6.45) is -3.20. The average Bonchev–Trinajstić information content (AvgIpc) is 2.72. The van der Waals surface area contributed by atoms with Gasteiger partial charge in [0.1, 0.15) is 11.6 Å². The van der Waals surface area contributed by atoms with Gasteiger partial charge in [0.2, 0.25) is 0 Å². The SMILES string of the molecule is I.NC(=NCc1ccc(OC(F)(F)F)cc1)NCC1(c2ccc(F)cc2)CCOCC1. The van der Waals surface area contributed by atoms with Crippen LogP contribution in [0.4, 0.5) is 17.6 Å². The van der Waals surface area contributed by atoms with E-state index in [9.17, 15) is 17.6 Å². The smallest absolute Gasteiger partial charge is 0.406 e. The van der Waals surface area contributed by atoms with E-state index in [0.717, 1.165) is 18.4 Å². The molecular formula is C21H24F4IN3O2. The molecule has 1 saturated heterocycles. The molecule has 0 unspecified atom stereocenters. The standard InChI is InChI=1S/C21H23F4N3O2.HI/c22-17-5-3-16(4-6-17)20(9-11-29-12-10-20)14-28-19(26)27-13-15-1-7-18(8-2-15)30-21(23,24)25;/h1-8H,9-14H2,(H3,26,27,28);1H. The monoisotopic (exact) mass is 553 g/mol. The number of rotatable bonds is 6. The summed E-state index contributed by atoms with van der Waals surface area (Å²) in [7, 11) is 0. The van der Waals surface area contributed by atoms with Crippen molar-refractivity contribution in [2.45, 2.75) is 31.2 Å². The number of ether oxygens (including phenoxy) is 2. The van der Waals surface area contributed by atoms with Crippen LogP contribution < -0.4 is 15.8 Å². The van der Waals surface area contributed by atoms with Crippen LogP contribution in [0.25, 0.3) is 0 Å². The zero-order chi connectivity index (χ0) is 21.6. The number of hydrogen-bond acceptors (Lipinski definition) is 3. The Hall–Kier alpha value is -2.08. The molecule has 0 atom stereocenters. The molecule has 0 aromatic heterocycles. The molecule has 3 rings (SSSR count). The topological polar surface area (TPSA) is 68.9 Å². The molecular weight excluding hydrogens is 529 g/mol. The van der Waals surface area contributed by atoms with Gasteiger partial charge in [-0.15, -0.1) is 37.1 Å². The first-order valence-electron chi connectivity index (χ1n) is 9.48. The first kappa shape index (κ1) is 25.2. The summed E-state index contributed by atoms with van der Waals surface area (Å²) in [5, 5.41) is 3.12. The van der Waals surface area contributed by atoms with Gasteiger partial charge >= 0.3 is 6.36 Å². The molecule has 170 valence electrons. The van der Waals surface area contributed by atoms with Crippen molar-refractivity contribution >= 4 is 29.9 Å².